The number of rotatable bonds is 2. The van der Waals surface area contributed by atoms with E-state index in [-0.39, 0.29) is 11.1 Å². The van der Waals surface area contributed by atoms with Crippen LogP contribution in [0.5, 0.6) is 0 Å². The van der Waals surface area contributed by atoms with Crippen molar-refractivity contribution in [2.24, 2.45) is 0 Å². The molecular weight excluding hydrogens is 328 g/mol. The molecule has 0 aliphatic heterocycles. The summed E-state index contributed by atoms with van der Waals surface area (Å²) >= 11 is 0. The van der Waals surface area contributed by atoms with E-state index in [1.807, 2.05) is 0 Å². The highest BCUT2D eigenvalue weighted by Crippen LogP contribution is 2.26. The average Bonchev–Trinajstić information content (AvgIpc) is 2.58. The first kappa shape index (κ1) is 17.3. The molecule has 0 unspecified atom stereocenters. The monoisotopic (exact) mass is 344 g/mol. The fourth-order valence-electron chi connectivity index (χ4n) is 2.96. The molecule has 0 saturated carbocycles. The second-order valence-corrected chi connectivity index (χ2v) is 6.10. The van der Waals surface area contributed by atoms with Gasteiger partial charge in [-0.3, -0.25) is 0 Å². The maximum absolute atomic E-state index is 14.3. The van der Waals surface area contributed by atoms with Crippen molar-refractivity contribution in [3.63, 3.8) is 0 Å². The fourth-order valence-corrected chi connectivity index (χ4v) is 2.96. The average molecular weight is 344 g/mol. The molecule has 128 valence electrons. The van der Waals surface area contributed by atoms with Crippen molar-refractivity contribution in [3.05, 3.63) is 81.4 Å². The number of hydrogen-bond acceptors (Lipinski definition) is 0. The van der Waals surface area contributed by atoms with Crippen LogP contribution in [0.1, 0.15) is 42.0 Å². The van der Waals surface area contributed by atoms with Gasteiger partial charge in [-0.25, -0.2) is 17.6 Å². The Morgan fingerprint density at radius 2 is 1.60 bits per heavy atom. The van der Waals surface area contributed by atoms with Crippen molar-refractivity contribution < 1.29 is 17.6 Å². The molecule has 1 aliphatic carbocycles. The van der Waals surface area contributed by atoms with E-state index in [0.717, 1.165) is 48.9 Å². The predicted molar refractivity (Wildman–Crippen MR) is 89.1 cm³/mol. The predicted octanol–water partition coefficient (Wildman–Crippen LogP) is 5.47. The van der Waals surface area contributed by atoms with Gasteiger partial charge in [0.1, 0.15) is 5.82 Å². The van der Waals surface area contributed by atoms with Crippen LogP contribution in [0.2, 0.25) is 0 Å². The summed E-state index contributed by atoms with van der Waals surface area (Å²) < 4.78 is 53.6. The Morgan fingerprint density at radius 3 is 2.28 bits per heavy atom. The van der Waals surface area contributed by atoms with E-state index in [2.05, 4.69) is 24.8 Å². The Labute approximate surface area is 144 Å². The maximum Gasteiger partial charge on any atom is 0.194 e. The van der Waals surface area contributed by atoms with E-state index in [0.29, 0.717) is 0 Å². The first-order valence-corrected chi connectivity index (χ1v) is 8.13. The van der Waals surface area contributed by atoms with Crippen LogP contribution in [-0.2, 0) is 12.8 Å². The molecule has 0 heterocycles. The molecule has 1 aliphatic rings. The number of hydrogen-bond donors (Lipinski definition) is 0. The van der Waals surface area contributed by atoms with Crippen molar-refractivity contribution in [3.8, 4) is 11.8 Å². The lowest BCUT2D eigenvalue weighted by Gasteiger charge is -2.17. The molecule has 0 fully saturated rings. The summed E-state index contributed by atoms with van der Waals surface area (Å²) in [5.74, 6) is 0.444. The van der Waals surface area contributed by atoms with Gasteiger partial charge in [-0.1, -0.05) is 36.8 Å². The van der Waals surface area contributed by atoms with Crippen molar-refractivity contribution in [2.45, 2.75) is 32.6 Å². The summed E-state index contributed by atoms with van der Waals surface area (Å²) in [6.45, 7) is 2.11. The second kappa shape index (κ2) is 7.14. The van der Waals surface area contributed by atoms with Gasteiger partial charge in [-0.2, -0.15) is 0 Å². The van der Waals surface area contributed by atoms with E-state index in [4.69, 9.17) is 0 Å². The lowest BCUT2D eigenvalue weighted by molar-refractivity contribution is 0.446. The summed E-state index contributed by atoms with van der Waals surface area (Å²) in [4.78, 5) is 0. The van der Waals surface area contributed by atoms with Gasteiger partial charge in [-0.15, -0.1) is 0 Å². The van der Waals surface area contributed by atoms with Gasteiger partial charge in [0.2, 0.25) is 0 Å². The van der Waals surface area contributed by atoms with Crippen LogP contribution in [0.4, 0.5) is 17.6 Å². The zero-order valence-electron chi connectivity index (χ0n) is 13.7. The topological polar surface area (TPSA) is 0 Å². The minimum Gasteiger partial charge on any atom is -0.206 e. The zero-order chi connectivity index (χ0) is 18.0. The van der Waals surface area contributed by atoms with Crippen LogP contribution in [0, 0.1) is 35.1 Å². The smallest absolute Gasteiger partial charge is 0.194 e. The van der Waals surface area contributed by atoms with Gasteiger partial charge in [0, 0.05) is 5.56 Å². The molecular formula is C21H16F4. The summed E-state index contributed by atoms with van der Waals surface area (Å²) in [6, 6.07) is 4.74. The van der Waals surface area contributed by atoms with Crippen LogP contribution < -0.4 is 0 Å². The lowest BCUT2D eigenvalue weighted by atomic mass is 9.88. The number of halogens is 4. The third-order valence-electron chi connectivity index (χ3n) is 4.21. The Kier molecular flexibility index (Phi) is 4.94. The van der Waals surface area contributed by atoms with Crippen molar-refractivity contribution >= 4 is 0 Å². The molecule has 0 spiro atoms. The number of fused-ring (bicyclic) bond motifs is 1. The van der Waals surface area contributed by atoms with E-state index < -0.39 is 23.3 Å². The van der Waals surface area contributed by atoms with Gasteiger partial charge < -0.3 is 0 Å². The standard InChI is InChI=1S/C21H16F4/c1-2-3-13-4-6-15-11-16(18(22)12-17(15)8-13)7-5-14-9-19(23)21(25)20(24)10-14/h4,9-12H,2-3,6,8H2,1H3. The molecule has 4 heteroatoms. The van der Waals surface area contributed by atoms with Crippen LogP contribution in [0.3, 0.4) is 0 Å². The van der Waals surface area contributed by atoms with Crippen LogP contribution in [0.15, 0.2) is 35.9 Å². The quantitative estimate of drug-likeness (QED) is 0.293. The van der Waals surface area contributed by atoms with E-state index in [1.54, 1.807) is 6.07 Å². The Bertz CT molecular complexity index is 890. The summed E-state index contributed by atoms with van der Waals surface area (Å²) in [5.41, 5.74) is 3.38. The SMILES string of the molecule is CCCC1=CCc2cc(C#Cc3cc(F)c(F)c(F)c3)c(F)cc2C1. The summed E-state index contributed by atoms with van der Waals surface area (Å²) in [5, 5.41) is 0. The minimum atomic E-state index is -1.54. The van der Waals surface area contributed by atoms with Crippen LogP contribution >= 0.6 is 0 Å². The van der Waals surface area contributed by atoms with Gasteiger partial charge in [0.05, 0.1) is 5.56 Å². The summed E-state index contributed by atoms with van der Waals surface area (Å²) in [6.07, 6.45) is 5.68. The molecule has 25 heavy (non-hydrogen) atoms. The maximum atomic E-state index is 14.3. The van der Waals surface area contributed by atoms with Gasteiger partial charge in [0.15, 0.2) is 17.5 Å². The van der Waals surface area contributed by atoms with Gasteiger partial charge in [-0.05, 0) is 54.7 Å². The molecule has 0 bridgehead atoms. The molecule has 0 N–H and O–H groups in total. The summed E-state index contributed by atoms with van der Waals surface area (Å²) in [7, 11) is 0. The molecule has 0 nitrogen and oxygen atoms in total. The second-order valence-electron chi connectivity index (χ2n) is 6.10. The third kappa shape index (κ3) is 3.76. The van der Waals surface area contributed by atoms with Gasteiger partial charge in [0.25, 0.3) is 0 Å². The van der Waals surface area contributed by atoms with Crippen molar-refractivity contribution in [2.75, 3.05) is 0 Å². The van der Waals surface area contributed by atoms with E-state index >= 15 is 0 Å². The Balaban J connectivity index is 1.90. The zero-order valence-corrected chi connectivity index (χ0v) is 13.7. The first-order valence-electron chi connectivity index (χ1n) is 8.13. The van der Waals surface area contributed by atoms with Crippen molar-refractivity contribution in [1.82, 2.24) is 0 Å². The Morgan fingerprint density at radius 1 is 0.880 bits per heavy atom. The minimum absolute atomic E-state index is 0.0429. The van der Waals surface area contributed by atoms with E-state index in [1.165, 1.54) is 11.6 Å². The normalized spacial score (nSPS) is 12.9. The van der Waals surface area contributed by atoms with Crippen LogP contribution in [0.25, 0.3) is 0 Å². The first-order chi connectivity index (χ1) is 12.0. The van der Waals surface area contributed by atoms with E-state index in [9.17, 15) is 17.6 Å². The molecule has 0 atom stereocenters. The van der Waals surface area contributed by atoms with Gasteiger partial charge >= 0.3 is 0 Å². The number of benzene rings is 2. The molecule has 0 radical (unpaired) electrons. The lowest BCUT2D eigenvalue weighted by Crippen LogP contribution is -2.05. The number of allylic oxidation sites excluding steroid dienone is 2. The third-order valence-corrected chi connectivity index (χ3v) is 4.21. The molecule has 0 saturated heterocycles. The molecule has 3 rings (SSSR count). The highest BCUT2D eigenvalue weighted by Gasteiger charge is 2.14. The highest BCUT2D eigenvalue weighted by molar-refractivity contribution is 5.49. The highest BCUT2D eigenvalue weighted by atomic mass is 19.2. The molecule has 2 aromatic rings. The molecule has 2 aromatic carbocycles. The Hall–Kier alpha value is -2.54. The largest absolute Gasteiger partial charge is 0.206 e. The molecule has 0 aromatic heterocycles. The van der Waals surface area contributed by atoms with Crippen LogP contribution in [-0.4, -0.2) is 0 Å². The molecule has 0 amide bonds. The van der Waals surface area contributed by atoms with Crippen molar-refractivity contribution in [1.29, 1.82) is 0 Å². The fraction of sp³-hybridized carbons (Fsp3) is 0.238.